The minimum Gasteiger partial charge on any atom is -0.476 e. The highest BCUT2D eigenvalue weighted by Gasteiger charge is 2.16. The van der Waals surface area contributed by atoms with Gasteiger partial charge in [0.15, 0.2) is 5.69 Å². The van der Waals surface area contributed by atoms with Crippen LogP contribution < -0.4 is 5.32 Å². The van der Waals surface area contributed by atoms with Crippen molar-refractivity contribution in [3.05, 3.63) is 49.9 Å². The number of carbonyl (C=O) groups excluding carboxylic acids is 1. The number of carboxylic acids is 1. The molecule has 2 rings (SSSR count). The lowest BCUT2D eigenvalue weighted by Gasteiger charge is -2.12. The maximum Gasteiger partial charge on any atom is 0.355 e. The van der Waals surface area contributed by atoms with Crippen LogP contribution in [0.15, 0.2) is 23.6 Å². The van der Waals surface area contributed by atoms with E-state index in [4.69, 9.17) is 28.3 Å². The second-order valence-electron chi connectivity index (χ2n) is 4.99. The topological polar surface area (TPSA) is 79.3 Å². The summed E-state index contributed by atoms with van der Waals surface area (Å²) in [6, 6.07) is 5.18. The van der Waals surface area contributed by atoms with Crippen LogP contribution in [0, 0.1) is 5.92 Å². The standard InChI is InChI=1S/C15H14Cl2N2O3S/c1-8(4-9-2-3-10(16)5-11(9)17)14(20)18-6-13-19-12(7-23-13)15(21)22/h2-3,5,7-8H,4,6H2,1H3,(H,18,20)(H,21,22). The molecule has 2 N–H and O–H groups in total. The number of carbonyl (C=O) groups is 2. The van der Waals surface area contributed by atoms with Crippen molar-refractivity contribution in [3.63, 3.8) is 0 Å². The summed E-state index contributed by atoms with van der Waals surface area (Å²) in [4.78, 5) is 26.8. The zero-order valence-corrected chi connectivity index (χ0v) is 14.5. The van der Waals surface area contributed by atoms with Gasteiger partial charge in [-0.1, -0.05) is 36.2 Å². The van der Waals surface area contributed by atoms with Gasteiger partial charge in [0.2, 0.25) is 5.91 Å². The number of nitrogens with zero attached hydrogens (tertiary/aromatic N) is 1. The summed E-state index contributed by atoms with van der Waals surface area (Å²) in [6.45, 7) is 2.00. The van der Waals surface area contributed by atoms with Crippen LogP contribution in [0.5, 0.6) is 0 Å². The van der Waals surface area contributed by atoms with Crippen molar-refractivity contribution >= 4 is 46.4 Å². The van der Waals surface area contributed by atoms with Crippen molar-refractivity contribution in [2.24, 2.45) is 5.92 Å². The Labute approximate surface area is 147 Å². The molecule has 1 aromatic heterocycles. The molecule has 2 aromatic rings. The molecule has 0 aliphatic carbocycles. The number of amides is 1. The first-order chi connectivity index (χ1) is 10.9. The highest BCUT2D eigenvalue weighted by atomic mass is 35.5. The molecule has 23 heavy (non-hydrogen) atoms. The van der Waals surface area contributed by atoms with Crippen molar-refractivity contribution in [1.82, 2.24) is 10.3 Å². The lowest BCUT2D eigenvalue weighted by Crippen LogP contribution is -2.29. The zero-order chi connectivity index (χ0) is 17.0. The van der Waals surface area contributed by atoms with Crippen LogP contribution in [0.25, 0.3) is 0 Å². The molecular formula is C15H14Cl2N2O3S. The Bertz CT molecular complexity index is 733. The van der Waals surface area contributed by atoms with Gasteiger partial charge in [-0.25, -0.2) is 9.78 Å². The normalized spacial score (nSPS) is 12.0. The summed E-state index contributed by atoms with van der Waals surface area (Å²) < 4.78 is 0. The van der Waals surface area contributed by atoms with Crippen molar-refractivity contribution in [2.75, 3.05) is 0 Å². The van der Waals surface area contributed by atoms with E-state index in [9.17, 15) is 9.59 Å². The minimum absolute atomic E-state index is 0.0137. The van der Waals surface area contributed by atoms with Crippen LogP contribution >= 0.6 is 34.5 Å². The quantitative estimate of drug-likeness (QED) is 0.810. The first-order valence-corrected chi connectivity index (χ1v) is 8.39. The first-order valence-electron chi connectivity index (χ1n) is 6.76. The van der Waals surface area contributed by atoms with E-state index in [0.717, 1.165) is 5.56 Å². The largest absolute Gasteiger partial charge is 0.476 e. The van der Waals surface area contributed by atoms with Crippen molar-refractivity contribution in [3.8, 4) is 0 Å². The van der Waals surface area contributed by atoms with E-state index in [1.807, 2.05) is 0 Å². The molecule has 0 radical (unpaired) electrons. The number of benzene rings is 1. The number of aromatic carboxylic acids is 1. The maximum absolute atomic E-state index is 12.1. The van der Waals surface area contributed by atoms with Gasteiger partial charge in [0.25, 0.3) is 0 Å². The van der Waals surface area contributed by atoms with Crippen molar-refractivity contribution in [2.45, 2.75) is 19.9 Å². The van der Waals surface area contributed by atoms with Crippen molar-refractivity contribution < 1.29 is 14.7 Å². The molecule has 0 bridgehead atoms. The molecule has 0 aliphatic heterocycles. The van der Waals surface area contributed by atoms with Gasteiger partial charge in [0.05, 0.1) is 6.54 Å². The second kappa shape index (κ2) is 7.77. The van der Waals surface area contributed by atoms with E-state index < -0.39 is 5.97 Å². The van der Waals surface area contributed by atoms with Gasteiger partial charge in [-0.05, 0) is 24.1 Å². The van der Waals surface area contributed by atoms with Crippen molar-refractivity contribution in [1.29, 1.82) is 0 Å². The number of aromatic nitrogens is 1. The predicted octanol–water partition coefficient (Wildman–Crippen LogP) is 3.64. The summed E-state index contributed by atoms with van der Waals surface area (Å²) in [5, 5.41) is 14.6. The van der Waals surface area contributed by atoms with E-state index in [1.165, 1.54) is 16.7 Å². The minimum atomic E-state index is -1.08. The Morgan fingerprint density at radius 1 is 1.39 bits per heavy atom. The zero-order valence-electron chi connectivity index (χ0n) is 12.2. The number of rotatable bonds is 6. The average Bonchev–Trinajstić information content (AvgIpc) is 2.96. The summed E-state index contributed by atoms with van der Waals surface area (Å²) in [6.07, 6.45) is 0.486. The van der Waals surface area contributed by atoms with E-state index in [2.05, 4.69) is 10.3 Å². The van der Waals surface area contributed by atoms with Gasteiger partial charge in [-0.3, -0.25) is 4.79 Å². The molecule has 5 nitrogen and oxygen atoms in total. The molecule has 1 unspecified atom stereocenters. The Balaban J connectivity index is 1.90. The third-order valence-corrected chi connectivity index (χ3v) is 4.61. The Morgan fingerprint density at radius 2 is 2.13 bits per heavy atom. The van der Waals surface area contributed by atoms with Gasteiger partial charge in [0, 0.05) is 21.3 Å². The van der Waals surface area contributed by atoms with Crippen LogP contribution in [-0.4, -0.2) is 22.0 Å². The number of halogens is 2. The molecule has 0 fully saturated rings. The lowest BCUT2D eigenvalue weighted by atomic mass is 10.0. The maximum atomic E-state index is 12.1. The van der Waals surface area contributed by atoms with Gasteiger partial charge < -0.3 is 10.4 Å². The van der Waals surface area contributed by atoms with Crippen LogP contribution in [0.2, 0.25) is 10.0 Å². The van der Waals surface area contributed by atoms with E-state index in [-0.39, 0.29) is 24.1 Å². The second-order valence-corrected chi connectivity index (χ2v) is 6.78. The van der Waals surface area contributed by atoms with Crippen LogP contribution in [0.1, 0.15) is 28.0 Å². The Hall–Kier alpha value is -1.63. The number of carboxylic acid groups (broad SMARTS) is 1. The molecule has 0 saturated carbocycles. The molecule has 1 atom stereocenters. The number of hydrogen-bond acceptors (Lipinski definition) is 4. The first kappa shape index (κ1) is 17.7. The fourth-order valence-corrected chi connectivity index (χ4v) is 3.13. The molecule has 122 valence electrons. The van der Waals surface area contributed by atoms with E-state index in [0.29, 0.717) is 21.5 Å². The monoisotopic (exact) mass is 372 g/mol. The molecule has 0 aliphatic rings. The SMILES string of the molecule is CC(Cc1ccc(Cl)cc1Cl)C(=O)NCc1nc(C(=O)O)cs1. The summed E-state index contributed by atoms with van der Waals surface area (Å²) in [7, 11) is 0. The van der Waals surface area contributed by atoms with Crippen LogP contribution in [0.4, 0.5) is 0 Å². The van der Waals surface area contributed by atoms with Gasteiger partial charge >= 0.3 is 5.97 Å². The molecular weight excluding hydrogens is 359 g/mol. The highest BCUT2D eigenvalue weighted by Crippen LogP contribution is 2.23. The lowest BCUT2D eigenvalue weighted by molar-refractivity contribution is -0.124. The summed E-state index contributed by atoms with van der Waals surface area (Å²) in [5.41, 5.74) is 0.835. The van der Waals surface area contributed by atoms with Crippen LogP contribution in [0.3, 0.4) is 0 Å². The molecule has 0 saturated heterocycles. The summed E-state index contributed by atoms with van der Waals surface area (Å²) in [5.74, 6) is -1.51. The molecule has 0 spiro atoms. The smallest absolute Gasteiger partial charge is 0.355 e. The third kappa shape index (κ3) is 4.92. The number of hydrogen-bond donors (Lipinski definition) is 2. The van der Waals surface area contributed by atoms with E-state index in [1.54, 1.807) is 25.1 Å². The average molecular weight is 373 g/mol. The molecule has 8 heteroatoms. The van der Waals surface area contributed by atoms with Crippen LogP contribution in [-0.2, 0) is 17.8 Å². The Kier molecular flexibility index (Phi) is 5.98. The number of thiazole rings is 1. The third-order valence-electron chi connectivity index (χ3n) is 3.17. The fraction of sp³-hybridized carbons (Fsp3) is 0.267. The number of nitrogens with one attached hydrogen (secondary N) is 1. The molecule has 1 aromatic carbocycles. The molecule has 1 amide bonds. The highest BCUT2D eigenvalue weighted by molar-refractivity contribution is 7.09. The van der Waals surface area contributed by atoms with Gasteiger partial charge in [-0.15, -0.1) is 11.3 Å². The Morgan fingerprint density at radius 3 is 2.74 bits per heavy atom. The predicted molar refractivity (Wildman–Crippen MR) is 90.3 cm³/mol. The summed E-state index contributed by atoms with van der Waals surface area (Å²) >= 11 is 13.1. The molecule has 1 heterocycles. The fourth-order valence-electron chi connectivity index (χ4n) is 1.94. The van der Waals surface area contributed by atoms with Gasteiger partial charge in [-0.2, -0.15) is 0 Å². The van der Waals surface area contributed by atoms with E-state index >= 15 is 0 Å². The van der Waals surface area contributed by atoms with Gasteiger partial charge in [0.1, 0.15) is 5.01 Å².